The van der Waals surface area contributed by atoms with Gasteiger partial charge in [0.1, 0.15) is 15.5 Å². The van der Waals surface area contributed by atoms with Gasteiger partial charge in [0.25, 0.3) is 20.2 Å². The molecule has 0 aliphatic rings. The van der Waals surface area contributed by atoms with Crippen molar-refractivity contribution >= 4 is 31.6 Å². The maximum Gasteiger partial charge on any atom is 0.298 e. The number of benzene rings is 2. The molecule has 0 aromatic heterocycles. The lowest BCUT2D eigenvalue weighted by Gasteiger charge is -2.06. The summed E-state index contributed by atoms with van der Waals surface area (Å²) in [5.74, 6) is 0. The molecule has 0 bridgehead atoms. The van der Waals surface area contributed by atoms with E-state index in [4.69, 9.17) is 4.55 Å². The normalized spacial score (nSPS) is 12.6. The van der Waals surface area contributed by atoms with Gasteiger partial charge >= 0.3 is 0 Å². The molecule has 0 aliphatic carbocycles. The molecule has 0 radical (unpaired) electrons. The topological polar surface area (TPSA) is 133 Å². The van der Waals surface area contributed by atoms with Crippen molar-refractivity contribution in [2.24, 2.45) is 10.2 Å². The smallest absolute Gasteiger partial charge is 0.282 e. The Bertz CT molecular complexity index is 921. The van der Waals surface area contributed by atoms with Crippen molar-refractivity contribution in [3.63, 3.8) is 0 Å². The van der Waals surface area contributed by atoms with E-state index in [-0.39, 0.29) is 0 Å². The van der Waals surface area contributed by atoms with Crippen molar-refractivity contribution in [3.8, 4) is 0 Å². The molecule has 22 heavy (non-hydrogen) atoms. The molecule has 0 amide bonds. The average molecular weight is 342 g/mol. The largest absolute Gasteiger partial charge is 0.298 e. The van der Waals surface area contributed by atoms with Gasteiger partial charge in [-0.1, -0.05) is 24.3 Å². The van der Waals surface area contributed by atoms with Gasteiger partial charge < -0.3 is 0 Å². The lowest BCUT2D eigenvalue weighted by molar-refractivity contribution is 0.467. The fourth-order valence-electron chi connectivity index (χ4n) is 1.65. The van der Waals surface area contributed by atoms with Gasteiger partial charge in [0, 0.05) is 0 Å². The molecule has 116 valence electrons. The molecule has 2 aromatic rings. The fraction of sp³-hybridized carbons (Fsp3) is 0. The van der Waals surface area contributed by atoms with Crippen LogP contribution in [-0.4, -0.2) is 25.9 Å². The Morgan fingerprint density at radius 1 is 0.727 bits per heavy atom. The lowest BCUT2D eigenvalue weighted by Crippen LogP contribution is -2.08. The minimum atomic E-state index is -4.94. The summed E-state index contributed by atoms with van der Waals surface area (Å²) >= 11 is 0. The standard InChI is InChI=1S/C12H10N2O6S2/c15-21(16,17)11-8-4-7-10(12(11)22(18,19)20)14-13-9-5-2-1-3-6-9/h1-8H,(H,15,16,17)(H,18,19,20). The molecule has 2 rings (SSSR count). The average Bonchev–Trinajstić information content (AvgIpc) is 2.44. The molecule has 2 N–H and O–H groups in total. The second kappa shape index (κ2) is 5.93. The van der Waals surface area contributed by atoms with Crippen molar-refractivity contribution in [1.82, 2.24) is 0 Å². The molecule has 0 atom stereocenters. The third-order valence-corrected chi connectivity index (χ3v) is 4.49. The molecule has 0 saturated carbocycles. The Morgan fingerprint density at radius 2 is 1.36 bits per heavy atom. The summed E-state index contributed by atoms with van der Waals surface area (Å²) in [6.45, 7) is 0. The Hall–Kier alpha value is -2.14. The van der Waals surface area contributed by atoms with Crippen molar-refractivity contribution in [3.05, 3.63) is 48.5 Å². The van der Waals surface area contributed by atoms with E-state index in [2.05, 4.69) is 10.2 Å². The fourth-order valence-corrected chi connectivity index (χ4v) is 3.57. The van der Waals surface area contributed by atoms with Crippen molar-refractivity contribution in [1.29, 1.82) is 0 Å². The van der Waals surface area contributed by atoms with Gasteiger partial charge in [-0.05, 0) is 24.3 Å². The number of nitrogens with zero attached hydrogens (tertiary/aromatic N) is 2. The van der Waals surface area contributed by atoms with Crippen LogP contribution in [0.15, 0.2) is 68.6 Å². The summed E-state index contributed by atoms with van der Waals surface area (Å²) in [5, 5.41) is 7.37. The van der Waals surface area contributed by atoms with Crippen LogP contribution in [0.1, 0.15) is 0 Å². The van der Waals surface area contributed by atoms with Gasteiger partial charge in [-0.2, -0.15) is 21.9 Å². The molecule has 10 heteroatoms. The Morgan fingerprint density at radius 3 is 1.91 bits per heavy atom. The van der Waals surface area contributed by atoms with Crippen molar-refractivity contribution in [2.75, 3.05) is 0 Å². The molecule has 0 spiro atoms. The predicted octanol–water partition coefficient (Wildman–Crippen LogP) is 2.60. The number of hydrogen-bond donors (Lipinski definition) is 2. The third-order valence-electron chi connectivity index (χ3n) is 2.52. The van der Waals surface area contributed by atoms with Crippen LogP contribution in [0.3, 0.4) is 0 Å². The van der Waals surface area contributed by atoms with E-state index < -0.39 is 35.7 Å². The van der Waals surface area contributed by atoms with Crippen LogP contribution < -0.4 is 0 Å². The first-order valence-electron chi connectivity index (χ1n) is 5.74. The first kappa shape index (κ1) is 16.2. The van der Waals surface area contributed by atoms with E-state index in [9.17, 15) is 21.4 Å². The van der Waals surface area contributed by atoms with Crippen LogP contribution in [0.4, 0.5) is 11.4 Å². The molecule has 0 fully saturated rings. The van der Waals surface area contributed by atoms with Crippen LogP contribution in [0.5, 0.6) is 0 Å². The predicted molar refractivity (Wildman–Crippen MR) is 76.7 cm³/mol. The summed E-state index contributed by atoms with van der Waals surface area (Å²) < 4.78 is 63.6. The van der Waals surface area contributed by atoms with E-state index in [1.807, 2.05) is 0 Å². The Kier molecular flexibility index (Phi) is 4.37. The van der Waals surface area contributed by atoms with Crippen LogP contribution in [-0.2, 0) is 20.2 Å². The van der Waals surface area contributed by atoms with Crippen molar-refractivity contribution < 1.29 is 25.9 Å². The minimum Gasteiger partial charge on any atom is -0.282 e. The van der Waals surface area contributed by atoms with Gasteiger partial charge in [0.05, 0.1) is 5.69 Å². The van der Waals surface area contributed by atoms with Gasteiger partial charge in [0.2, 0.25) is 0 Å². The highest BCUT2D eigenvalue weighted by atomic mass is 32.2. The summed E-state index contributed by atoms with van der Waals surface area (Å²) in [7, 11) is -9.81. The number of azo groups is 1. The number of hydrogen-bond acceptors (Lipinski definition) is 6. The van der Waals surface area contributed by atoms with E-state index in [0.29, 0.717) is 5.69 Å². The SMILES string of the molecule is O=S(=O)(O)c1cccc(N=Nc2ccccc2)c1S(=O)(=O)O. The summed E-state index contributed by atoms with van der Waals surface area (Å²) in [6, 6.07) is 11.4. The molecular weight excluding hydrogens is 332 g/mol. The van der Waals surface area contributed by atoms with Crippen LogP contribution in [0.2, 0.25) is 0 Å². The zero-order valence-corrected chi connectivity index (χ0v) is 12.5. The molecule has 0 unspecified atom stereocenters. The second-order valence-electron chi connectivity index (χ2n) is 4.09. The molecule has 2 aromatic carbocycles. The summed E-state index contributed by atoms with van der Waals surface area (Å²) in [5.41, 5.74) is -0.0254. The van der Waals surface area contributed by atoms with Gasteiger partial charge in [-0.25, -0.2) is 0 Å². The minimum absolute atomic E-state index is 0.390. The van der Waals surface area contributed by atoms with Gasteiger partial charge in [-0.15, -0.1) is 5.11 Å². The summed E-state index contributed by atoms with van der Waals surface area (Å²) in [6.07, 6.45) is 0. The van der Waals surface area contributed by atoms with Gasteiger partial charge in [0.15, 0.2) is 0 Å². The van der Waals surface area contributed by atoms with E-state index >= 15 is 0 Å². The second-order valence-corrected chi connectivity index (χ2v) is 6.84. The summed E-state index contributed by atoms with van der Waals surface area (Å²) in [4.78, 5) is -2.00. The first-order valence-corrected chi connectivity index (χ1v) is 8.62. The van der Waals surface area contributed by atoms with Gasteiger partial charge in [-0.3, -0.25) is 9.11 Å². The number of rotatable bonds is 4. The molecule has 0 heterocycles. The highest BCUT2D eigenvalue weighted by Crippen LogP contribution is 2.31. The van der Waals surface area contributed by atoms with E-state index in [1.165, 1.54) is 0 Å². The zero-order chi connectivity index (χ0) is 16.4. The highest BCUT2D eigenvalue weighted by Gasteiger charge is 2.27. The van der Waals surface area contributed by atoms with Crippen LogP contribution in [0, 0.1) is 0 Å². The molecule has 0 saturated heterocycles. The maximum atomic E-state index is 11.4. The van der Waals surface area contributed by atoms with E-state index in [1.54, 1.807) is 30.3 Å². The monoisotopic (exact) mass is 342 g/mol. The molecule has 8 nitrogen and oxygen atoms in total. The lowest BCUT2D eigenvalue weighted by atomic mass is 10.3. The van der Waals surface area contributed by atoms with Crippen LogP contribution in [0.25, 0.3) is 0 Å². The Labute approximate surface area is 126 Å². The Balaban J connectivity index is 2.65. The quantitative estimate of drug-likeness (QED) is 0.648. The zero-order valence-electron chi connectivity index (χ0n) is 10.9. The van der Waals surface area contributed by atoms with Crippen LogP contribution >= 0.6 is 0 Å². The first-order chi connectivity index (χ1) is 10.2. The third kappa shape index (κ3) is 3.74. The van der Waals surface area contributed by atoms with Crippen molar-refractivity contribution in [2.45, 2.75) is 9.79 Å². The van der Waals surface area contributed by atoms with E-state index in [0.717, 1.165) is 18.2 Å². The molecule has 0 aliphatic heterocycles. The molecular formula is C12H10N2O6S2. The maximum absolute atomic E-state index is 11.4. The highest BCUT2D eigenvalue weighted by molar-refractivity contribution is 7.89.